The molecule has 0 heterocycles. The molecule has 0 saturated heterocycles. The van der Waals surface area contributed by atoms with Crippen LogP contribution < -0.4 is 10.6 Å². The highest BCUT2D eigenvalue weighted by Crippen LogP contribution is 2.16. The van der Waals surface area contributed by atoms with Crippen LogP contribution in [0.4, 0.5) is 0 Å². The Kier molecular flexibility index (Phi) is 6.01. The maximum Gasteiger partial charge on any atom is 0.309 e. The summed E-state index contributed by atoms with van der Waals surface area (Å²) in [6.07, 6.45) is 7.62. The predicted molar refractivity (Wildman–Crippen MR) is 67.5 cm³/mol. The second-order valence-corrected chi connectivity index (χ2v) is 4.94. The molecule has 0 aromatic heterocycles. The molecule has 0 aliphatic heterocycles. The standard InChI is InChI=1S/C13H24N2O2/c1-3-10(2)14-12(16)13(17)15-11-8-6-4-5-7-9-11/h10-11H,3-9H2,1-2H3,(H,14,16)(H,15,17)/t10-/m0/s1. The zero-order chi connectivity index (χ0) is 12.7. The van der Waals surface area contributed by atoms with Crippen LogP contribution in [0.25, 0.3) is 0 Å². The van der Waals surface area contributed by atoms with E-state index in [9.17, 15) is 9.59 Å². The topological polar surface area (TPSA) is 58.2 Å². The molecule has 0 aromatic rings. The summed E-state index contributed by atoms with van der Waals surface area (Å²) in [5.41, 5.74) is 0. The van der Waals surface area contributed by atoms with Crippen LogP contribution in [0.2, 0.25) is 0 Å². The molecule has 17 heavy (non-hydrogen) atoms. The lowest BCUT2D eigenvalue weighted by molar-refractivity contribution is -0.140. The van der Waals surface area contributed by atoms with E-state index in [1.54, 1.807) is 0 Å². The first kappa shape index (κ1) is 14.0. The molecule has 98 valence electrons. The first-order valence-corrected chi connectivity index (χ1v) is 6.74. The molecule has 0 aromatic carbocycles. The minimum Gasteiger partial charge on any atom is -0.345 e. The third-order valence-electron chi connectivity index (χ3n) is 3.39. The van der Waals surface area contributed by atoms with Crippen LogP contribution in [0.5, 0.6) is 0 Å². The van der Waals surface area contributed by atoms with Crippen molar-refractivity contribution in [3.63, 3.8) is 0 Å². The molecule has 1 atom stereocenters. The highest BCUT2D eigenvalue weighted by molar-refractivity contribution is 6.35. The van der Waals surface area contributed by atoms with Crippen LogP contribution in [-0.4, -0.2) is 23.9 Å². The van der Waals surface area contributed by atoms with Gasteiger partial charge in [-0.2, -0.15) is 0 Å². The Morgan fingerprint density at radius 3 is 2.24 bits per heavy atom. The van der Waals surface area contributed by atoms with E-state index in [-0.39, 0.29) is 12.1 Å². The Morgan fingerprint density at radius 1 is 1.12 bits per heavy atom. The predicted octanol–water partition coefficient (Wildman–Crippen LogP) is 1.74. The third-order valence-corrected chi connectivity index (χ3v) is 3.39. The van der Waals surface area contributed by atoms with Crippen molar-refractivity contribution in [3.8, 4) is 0 Å². The van der Waals surface area contributed by atoms with Gasteiger partial charge < -0.3 is 10.6 Å². The maximum absolute atomic E-state index is 11.7. The zero-order valence-corrected chi connectivity index (χ0v) is 10.9. The molecular formula is C13H24N2O2. The second-order valence-electron chi connectivity index (χ2n) is 4.94. The van der Waals surface area contributed by atoms with E-state index >= 15 is 0 Å². The Morgan fingerprint density at radius 2 is 1.71 bits per heavy atom. The van der Waals surface area contributed by atoms with Crippen molar-refractivity contribution in [3.05, 3.63) is 0 Å². The quantitative estimate of drug-likeness (QED) is 0.583. The van der Waals surface area contributed by atoms with E-state index in [0.717, 1.165) is 32.1 Å². The summed E-state index contributed by atoms with van der Waals surface area (Å²) in [7, 11) is 0. The smallest absolute Gasteiger partial charge is 0.309 e. The van der Waals surface area contributed by atoms with Gasteiger partial charge in [0.2, 0.25) is 0 Å². The van der Waals surface area contributed by atoms with Gasteiger partial charge in [0, 0.05) is 12.1 Å². The van der Waals surface area contributed by atoms with Gasteiger partial charge in [-0.25, -0.2) is 0 Å². The molecule has 1 saturated carbocycles. The maximum atomic E-state index is 11.7. The molecule has 0 radical (unpaired) electrons. The molecule has 1 fully saturated rings. The summed E-state index contributed by atoms with van der Waals surface area (Å²) in [6, 6.07) is 0.245. The van der Waals surface area contributed by atoms with E-state index < -0.39 is 11.8 Å². The Balaban J connectivity index is 2.34. The van der Waals surface area contributed by atoms with Crippen molar-refractivity contribution in [1.82, 2.24) is 10.6 Å². The first-order chi connectivity index (χ1) is 8.13. The van der Waals surface area contributed by atoms with Crippen molar-refractivity contribution in [2.75, 3.05) is 0 Å². The van der Waals surface area contributed by atoms with Gasteiger partial charge in [0.05, 0.1) is 0 Å². The largest absolute Gasteiger partial charge is 0.345 e. The molecule has 0 spiro atoms. The first-order valence-electron chi connectivity index (χ1n) is 6.74. The SMILES string of the molecule is CC[C@H](C)NC(=O)C(=O)NC1CCCCCC1. The van der Waals surface area contributed by atoms with Gasteiger partial charge in [-0.15, -0.1) is 0 Å². The summed E-state index contributed by atoms with van der Waals surface area (Å²) in [5.74, 6) is -0.971. The van der Waals surface area contributed by atoms with Gasteiger partial charge in [-0.05, 0) is 26.2 Å². The van der Waals surface area contributed by atoms with Crippen molar-refractivity contribution >= 4 is 11.8 Å². The van der Waals surface area contributed by atoms with E-state index in [1.165, 1.54) is 12.8 Å². The van der Waals surface area contributed by atoms with E-state index in [1.807, 2.05) is 13.8 Å². The Hall–Kier alpha value is -1.06. The summed E-state index contributed by atoms with van der Waals surface area (Å²) >= 11 is 0. The zero-order valence-electron chi connectivity index (χ0n) is 10.9. The number of carbonyl (C=O) groups is 2. The summed E-state index contributed by atoms with van der Waals surface area (Å²) in [6.45, 7) is 3.88. The van der Waals surface area contributed by atoms with Gasteiger partial charge >= 0.3 is 11.8 Å². The van der Waals surface area contributed by atoms with Gasteiger partial charge in [0.15, 0.2) is 0 Å². The molecule has 4 nitrogen and oxygen atoms in total. The highest BCUT2D eigenvalue weighted by Gasteiger charge is 2.20. The van der Waals surface area contributed by atoms with Gasteiger partial charge in [-0.3, -0.25) is 9.59 Å². The molecule has 1 aliphatic carbocycles. The molecule has 1 rings (SSSR count). The van der Waals surface area contributed by atoms with Crippen LogP contribution in [0.1, 0.15) is 58.8 Å². The van der Waals surface area contributed by atoms with E-state index in [2.05, 4.69) is 10.6 Å². The van der Waals surface area contributed by atoms with Gasteiger partial charge in [-0.1, -0.05) is 32.6 Å². The molecule has 0 unspecified atom stereocenters. The van der Waals surface area contributed by atoms with E-state index in [4.69, 9.17) is 0 Å². The summed E-state index contributed by atoms with van der Waals surface area (Å²) in [4.78, 5) is 23.2. The molecule has 2 N–H and O–H groups in total. The fraction of sp³-hybridized carbons (Fsp3) is 0.846. The third kappa shape index (κ3) is 5.20. The van der Waals surface area contributed by atoms with Gasteiger partial charge in [0.1, 0.15) is 0 Å². The number of rotatable bonds is 3. The lowest BCUT2D eigenvalue weighted by Gasteiger charge is -2.17. The average molecular weight is 240 g/mol. The van der Waals surface area contributed by atoms with Crippen LogP contribution in [-0.2, 0) is 9.59 Å². The normalized spacial score (nSPS) is 19.2. The number of carbonyl (C=O) groups excluding carboxylic acids is 2. The van der Waals surface area contributed by atoms with Crippen LogP contribution >= 0.6 is 0 Å². The number of nitrogens with one attached hydrogen (secondary N) is 2. The van der Waals surface area contributed by atoms with Crippen molar-refractivity contribution in [1.29, 1.82) is 0 Å². The summed E-state index contributed by atoms with van der Waals surface area (Å²) < 4.78 is 0. The molecule has 4 heteroatoms. The monoisotopic (exact) mass is 240 g/mol. The lowest BCUT2D eigenvalue weighted by Crippen LogP contribution is -2.46. The van der Waals surface area contributed by atoms with Crippen LogP contribution in [0, 0.1) is 0 Å². The van der Waals surface area contributed by atoms with Crippen molar-refractivity contribution in [2.24, 2.45) is 0 Å². The minimum atomic E-state index is -0.497. The van der Waals surface area contributed by atoms with Gasteiger partial charge in [0.25, 0.3) is 0 Å². The lowest BCUT2D eigenvalue weighted by atomic mass is 10.1. The fourth-order valence-corrected chi connectivity index (χ4v) is 2.07. The highest BCUT2D eigenvalue weighted by atomic mass is 16.2. The minimum absolute atomic E-state index is 0.0578. The van der Waals surface area contributed by atoms with Crippen LogP contribution in [0.15, 0.2) is 0 Å². The molecule has 2 amide bonds. The number of amides is 2. The Bertz CT molecular complexity index is 258. The van der Waals surface area contributed by atoms with Crippen molar-refractivity contribution < 1.29 is 9.59 Å². The molecule has 1 aliphatic rings. The van der Waals surface area contributed by atoms with E-state index in [0.29, 0.717) is 0 Å². The molecular weight excluding hydrogens is 216 g/mol. The van der Waals surface area contributed by atoms with Crippen LogP contribution in [0.3, 0.4) is 0 Å². The fourth-order valence-electron chi connectivity index (χ4n) is 2.07. The number of hydrogen-bond acceptors (Lipinski definition) is 2. The Labute approximate surface area is 104 Å². The average Bonchev–Trinajstić information content (AvgIpc) is 2.57. The van der Waals surface area contributed by atoms with Crippen molar-refractivity contribution in [2.45, 2.75) is 70.9 Å². The second kappa shape index (κ2) is 7.30. The summed E-state index contributed by atoms with van der Waals surface area (Å²) in [5, 5.41) is 5.52. The molecule has 0 bridgehead atoms. The number of hydrogen-bond donors (Lipinski definition) is 2.